The third-order valence-electron chi connectivity index (χ3n) is 5.39. The number of hydrogen-bond acceptors (Lipinski definition) is 5. The molecule has 3 atom stereocenters. The molecule has 3 rings (SSSR count). The smallest absolute Gasteiger partial charge is 0.287 e. The summed E-state index contributed by atoms with van der Waals surface area (Å²) in [5, 5.41) is 2.81. The van der Waals surface area contributed by atoms with E-state index in [0.717, 1.165) is 12.8 Å². The first-order chi connectivity index (χ1) is 11.9. The summed E-state index contributed by atoms with van der Waals surface area (Å²) in [5.41, 5.74) is 0. The van der Waals surface area contributed by atoms with Gasteiger partial charge in [-0.2, -0.15) is 4.31 Å². The van der Waals surface area contributed by atoms with Gasteiger partial charge in [0.25, 0.3) is 15.9 Å². The van der Waals surface area contributed by atoms with Crippen LogP contribution in [0, 0.1) is 11.8 Å². The van der Waals surface area contributed by atoms with Gasteiger partial charge in [0.05, 0.1) is 13.2 Å². The lowest BCUT2D eigenvalue weighted by Gasteiger charge is -2.34. The van der Waals surface area contributed by atoms with Crippen molar-refractivity contribution in [1.29, 1.82) is 0 Å². The molecule has 8 heteroatoms. The molecule has 7 nitrogen and oxygen atoms in total. The minimum atomic E-state index is -3.72. The Morgan fingerprint density at radius 1 is 1.20 bits per heavy atom. The number of furan rings is 1. The molecule has 1 amide bonds. The average Bonchev–Trinajstić information content (AvgIpc) is 3.11. The monoisotopic (exact) mass is 370 g/mol. The summed E-state index contributed by atoms with van der Waals surface area (Å²) in [6.45, 7) is 5.66. The molecule has 1 N–H and O–H groups in total. The first kappa shape index (κ1) is 18.4. The topological polar surface area (TPSA) is 88.9 Å². The standard InChI is InChI=1S/C17H26N2O5S/c1-12-4-3-5-14(13(12)2)18-17(20)15-6-7-16(24-15)25(21,22)19-8-10-23-11-9-19/h6-7,12-14H,3-5,8-11H2,1-2H3,(H,18,20)/t12-,13+,14+/m1/s1. The first-order valence-corrected chi connectivity index (χ1v) is 10.3. The highest BCUT2D eigenvalue weighted by Gasteiger charge is 2.32. The molecule has 25 heavy (non-hydrogen) atoms. The maximum atomic E-state index is 12.6. The van der Waals surface area contributed by atoms with Gasteiger partial charge in [-0.15, -0.1) is 0 Å². The molecule has 1 aliphatic heterocycles. The number of nitrogens with one attached hydrogen (secondary N) is 1. The van der Waals surface area contributed by atoms with Crippen molar-refractivity contribution in [3.63, 3.8) is 0 Å². The molecule has 0 bridgehead atoms. The minimum Gasteiger partial charge on any atom is -0.438 e. The second-order valence-electron chi connectivity index (χ2n) is 6.98. The Balaban J connectivity index is 1.69. The summed E-state index contributed by atoms with van der Waals surface area (Å²) in [6.07, 6.45) is 3.21. The van der Waals surface area contributed by atoms with Crippen LogP contribution in [0.4, 0.5) is 0 Å². The molecule has 1 saturated heterocycles. The van der Waals surface area contributed by atoms with E-state index in [-0.39, 0.29) is 22.8 Å². The summed E-state index contributed by atoms with van der Waals surface area (Å²) < 4.78 is 37.0. The molecule has 1 aromatic rings. The van der Waals surface area contributed by atoms with Gasteiger partial charge in [0.15, 0.2) is 5.76 Å². The van der Waals surface area contributed by atoms with Crippen LogP contribution in [0.1, 0.15) is 43.7 Å². The Hall–Kier alpha value is -1.38. The molecule has 0 spiro atoms. The van der Waals surface area contributed by atoms with Crippen LogP contribution in [0.15, 0.2) is 21.6 Å². The van der Waals surface area contributed by atoms with Crippen molar-refractivity contribution >= 4 is 15.9 Å². The number of ether oxygens (including phenoxy) is 1. The van der Waals surface area contributed by atoms with E-state index in [9.17, 15) is 13.2 Å². The first-order valence-electron chi connectivity index (χ1n) is 8.88. The highest BCUT2D eigenvalue weighted by Crippen LogP contribution is 2.30. The van der Waals surface area contributed by atoms with E-state index in [0.29, 0.717) is 38.1 Å². The molecule has 1 aromatic heterocycles. The van der Waals surface area contributed by atoms with Gasteiger partial charge in [-0.3, -0.25) is 4.79 Å². The zero-order valence-corrected chi connectivity index (χ0v) is 15.5. The summed E-state index contributed by atoms with van der Waals surface area (Å²) in [7, 11) is -3.72. The molecule has 0 unspecified atom stereocenters. The molecule has 0 radical (unpaired) electrons. The van der Waals surface area contributed by atoms with Gasteiger partial charge in [0.1, 0.15) is 0 Å². The van der Waals surface area contributed by atoms with Crippen LogP contribution < -0.4 is 5.32 Å². The number of amides is 1. The van der Waals surface area contributed by atoms with Gasteiger partial charge >= 0.3 is 0 Å². The van der Waals surface area contributed by atoms with E-state index in [1.54, 1.807) is 0 Å². The van der Waals surface area contributed by atoms with Crippen molar-refractivity contribution in [2.24, 2.45) is 11.8 Å². The Morgan fingerprint density at radius 2 is 1.92 bits per heavy atom. The highest BCUT2D eigenvalue weighted by atomic mass is 32.2. The summed E-state index contributed by atoms with van der Waals surface area (Å²) in [4.78, 5) is 12.4. The van der Waals surface area contributed by atoms with Crippen LogP contribution in [0.25, 0.3) is 0 Å². The Labute approximate surface area is 148 Å². The van der Waals surface area contributed by atoms with Crippen molar-refractivity contribution in [3.05, 3.63) is 17.9 Å². The molecular formula is C17H26N2O5S. The predicted molar refractivity (Wildman–Crippen MR) is 91.7 cm³/mol. The van der Waals surface area contributed by atoms with Crippen molar-refractivity contribution in [3.8, 4) is 0 Å². The number of hydrogen-bond donors (Lipinski definition) is 1. The molecule has 2 fully saturated rings. The largest absolute Gasteiger partial charge is 0.438 e. The molecule has 140 valence electrons. The molecule has 0 aromatic carbocycles. The Morgan fingerprint density at radius 3 is 2.64 bits per heavy atom. The fourth-order valence-electron chi connectivity index (χ4n) is 3.52. The van der Waals surface area contributed by atoms with E-state index in [1.807, 2.05) is 0 Å². The molecule has 2 heterocycles. The van der Waals surface area contributed by atoms with Crippen molar-refractivity contribution < 1.29 is 22.4 Å². The summed E-state index contributed by atoms with van der Waals surface area (Å²) in [5.74, 6) is 0.642. The predicted octanol–water partition coefficient (Wildman–Crippen LogP) is 1.85. The second kappa shape index (κ2) is 7.47. The maximum absolute atomic E-state index is 12.6. The van der Waals surface area contributed by atoms with E-state index in [2.05, 4.69) is 19.2 Å². The van der Waals surface area contributed by atoms with E-state index in [4.69, 9.17) is 9.15 Å². The van der Waals surface area contributed by atoms with E-state index >= 15 is 0 Å². The van der Waals surface area contributed by atoms with E-state index in [1.165, 1.54) is 22.9 Å². The van der Waals surface area contributed by atoms with Crippen LogP contribution in [-0.4, -0.2) is 51.0 Å². The third kappa shape index (κ3) is 3.91. The zero-order valence-electron chi connectivity index (χ0n) is 14.7. The van der Waals surface area contributed by atoms with Crippen molar-refractivity contribution in [2.75, 3.05) is 26.3 Å². The van der Waals surface area contributed by atoms with Crippen LogP contribution in [0.2, 0.25) is 0 Å². The Kier molecular flexibility index (Phi) is 5.50. The van der Waals surface area contributed by atoms with Gasteiger partial charge in [0, 0.05) is 19.1 Å². The number of nitrogens with zero attached hydrogens (tertiary/aromatic N) is 1. The fraction of sp³-hybridized carbons (Fsp3) is 0.706. The van der Waals surface area contributed by atoms with E-state index < -0.39 is 10.0 Å². The third-order valence-corrected chi connectivity index (χ3v) is 7.17. The molecular weight excluding hydrogens is 344 g/mol. The lowest BCUT2D eigenvalue weighted by atomic mass is 9.78. The van der Waals surface area contributed by atoms with Gasteiger partial charge in [-0.1, -0.05) is 26.7 Å². The lowest BCUT2D eigenvalue weighted by molar-refractivity contribution is 0.0722. The average molecular weight is 370 g/mol. The second-order valence-corrected chi connectivity index (χ2v) is 8.85. The quantitative estimate of drug-likeness (QED) is 0.874. The number of carbonyl (C=O) groups is 1. The fourth-order valence-corrected chi connectivity index (χ4v) is 4.84. The van der Waals surface area contributed by atoms with Gasteiger partial charge in [-0.25, -0.2) is 8.42 Å². The highest BCUT2D eigenvalue weighted by molar-refractivity contribution is 7.89. The van der Waals surface area contributed by atoms with Crippen LogP contribution in [-0.2, 0) is 14.8 Å². The van der Waals surface area contributed by atoms with Crippen LogP contribution in [0.3, 0.4) is 0 Å². The summed E-state index contributed by atoms with van der Waals surface area (Å²) >= 11 is 0. The van der Waals surface area contributed by atoms with Gasteiger partial charge in [0.2, 0.25) is 5.09 Å². The summed E-state index contributed by atoms with van der Waals surface area (Å²) in [6, 6.07) is 2.88. The van der Waals surface area contributed by atoms with Crippen LogP contribution in [0.5, 0.6) is 0 Å². The minimum absolute atomic E-state index is 0.0391. The van der Waals surface area contributed by atoms with Gasteiger partial charge < -0.3 is 14.5 Å². The SMILES string of the molecule is C[C@H]1[C@H](C)CCC[C@@H]1NC(=O)c1ccc(S(=O)(=O)N2CCOCC2)o1. The number of carbonyl (C=O) groups excluding carboxylic acids is 1. The lowest BCUT2D eigenvalue weighted by Crippen LogP contribution is -2.43. The van der Waals surface area contributed by atoms with Crippen molar-refractivity contribution in [1.82, 2.24) is 9.62 Å². The number of morpholine rings is 1. The van der Waals surface area contributed by atoms with Crippen molar-refractivity contribution in [2.45, 2.75) is 44.2 Å². The molecule has 1 aliphatic carbocycles. The maximum Gasteiger partial charge on any atom is 0.287 e. The van der Waals surface area contributed by atoms with Gasteiger partial charge in [-0.05, 0) is 30.4 Å². The molecule has 2 aliphatic rings. The number of sulfonamides is 1. The normalized spacial score (nSPS) is 28.6. The Bertz CT molecular complexity index is 708. The van der Waals surface area contributed by atoms with Crippen LogP contribution >= 0.6 is 0 Å². The number of rotatable bonds is 4. The zero-order chi connectivity index (χ0) is 18.0. The molecule has 1 saturated carbocycles.